The standard InChI is InChI=1S/C23H25N5O2.H2/c1-27-21(30)12-20(23-7-8-24-14-17(23)13-23)26-22(27)25-15-19(29)16-5-4-6-18(11-16)28-9-2-3-10-28;/h4-8,11-12,14,17H,2-3,9-10,13,15H2,1H3,(H,25,26);1H. The first kappa shape index (κ1) is 18.8. The summed E-state index contributed by atoms with van der Waals surface area (Å²) in [6.07, 6.45) is 9.02. The van der Waals surface area contributed by atoms with Gasteiger partial charge < -0.3 is 10.2 Å². The minimum Gasteiger partial charge on any atom is -0.372 e. The minimum atomic E-state index is -0.223. The smallest absolute Gasteiger partial charge is 0.254 e. The fraction of sp³-hybridized carbons (Fsp3) is 0.391. The van der Waals surface area contributed by atoms with Gasteiger partial charge in [0.15, 0.2) is 5.78 Å². The van der Waals surface area contributed by atoms with Gasteiger partial charge in [0.1, 0.15) is 0 Å². The van der Waals surface area contributed by atoms with Crippen LogP contribution in [0.1, 0.15) is 36.7 Å². The van der Waals surface area contributed by atoms with E-state index in [1.165, 1.54) is 17.4 Å². The van der Waals surface area contributed by atoms with E-state index in [0.717, 1.165) is 30.9 Å². The van der Waals surface area contributed by atoms with Gasteiger partial charge in [0.05, 0.1) is 12.2 Å². The highest BCUT2D eigenvalue weighted by molar-refractivity contribution is 5.99. The van der Waals surface area contributed by atoms with Crippen LogP contribution in [0.25, 0.3) is 0 Å². The summed E-state index contributed by atoms with van der Waals surface area (Å²) < 4.78 is 1.45. The van der Waals surface area contributed by atoms with E-state index in [4.69, 9.17) is 4.98 Å². The molecule has 0 amide bonds. The first-order valence-corrected chi connectivity index (χ1v) is 10.5. The largest absolute Gasteiger partial charge is 0.372 e. The number of carbonyl (C=O) groups is 1. The summed E-state index contributed by atoms with van der Waals surface area (Å²) in [5, 5.41) is 3.09. The molecule has 2 atom stereocenters. The molecule has 1 saturated carbocycles. The molecule has 1 N–H and O–H groups in total. The van der Waals surface area contributed by atoms with Crippen molar-refractivity contribution < 1.29 is 6.22 Å². The normalized spacial score (nSPS) is 24.0. The van der Waals surface area contributed by atoms with E-state index in [0.29, 0.717) is 17.4 Å². The summed E-state index contributed by atoms with van der Waals surface area (Å²) in [5.74, 6) is 0.685. The number of allylic oxidation sites excluding steroid dienone is 1. The van der Waals surface area contributed by atoms with Crippen molar-refractivity contribution in [3.05, 3.63) is 64.2 Å². The Labute approximate surface area is 176 Å². The number of hydrogen-bond donors (Lipinski definition) is 1. The third-order valence-corrected chi connectivity index (χ3v) is 6.44. The fourth-order valence-electron chi connectivity index (χ4n) is 4.44. The molecule has 1 aromatic heterocycles. The number of hydrogen-bond acceptors (Lipinski definition) is 6. The van der Waals surface area contributed by atoms with Gasteiger partial charge in [0.25, 0.3) is 5.56 Å². The maximum Gasteiger partial charge on any atom is 0.254 e. The van der Waals surface area contributed by atoms with Crippen LogP contribution in [0.15, 0.2) is 52.4 Å². The van der Waals surface area contributed by atoms with Gasteiger partial charge in [-0.25, -0.2) is 4.98 Å². The van der Waals surface area contributed by atoms with E-state index in [1.807, 2.05) is 30.5 Å². The molecule has 5 rings (SSSR count). The summed E-state index contributed by atoms with van der Waals surface area (Å²) >= 11 is 0. The number of anilines is 2. The molecule has 0 radical (unpaired) electrons. The van der Waals surface area contributed by atoms with Gasteiger partial charge in [-0.2, -0.15) is 0 Å². The van der Waals surface area contributed by atoms with E-state index in [2.05, 4.69) is 21.3 Å². The summed E-state index contributed by atoms with van der Waals surface area (Å²) in [6, 6.07) is 9.37. The Balaban J connectivity index is 0.00000231. The average molecular weight is 406 g/mol. The zero-order chi connectivity index (χ0) is 20.7. The third kappa shape index (κ3) is 3.24. The van der Waals surface area contributed by atoms with Crippen molar-refractivity contribution in [2.45, 2.75) is 24.7 Å². The van der Waals surface area contributed by atoms with Crippen LogP contribution in [0.5, 0.6) is 0 Å². The lowest BCUT2D eigenvalue weighted by atomic mass is 9.98. The third-order valence-electron chi connectivity index (χ3n) is 6.44. The van der Waals surface area contributed by atoms with Crippen LogP contribution < -0.4 is 15.8 Å². The number of carbonyl (C=O) groups excluding carboxylic acids is 1. The molecule has 7 heteroatoms. The molecule has 0 bridgehead atoms. The molecule has 1 aliphatic carbocycles. The Bertz CT molecular complexity index is 1120. The van der Waals surface area contributed by atoms with Crippen LogP contribution in [0, 0.1) is 5.92 Å². The van der Waals surface area contributed by atoms with Crippen molar-refractivity contribution >= 4 is 23.6 Å². The summed E-state index contributed by atoms with van der Waals surface area (Å²) in [4.78, 5) is 36.5. The van der Waals surface area contributed by atoms with Crippen LogP contribution in [0.3, 0.4) is 0 Å². The zero-order valence-electron chi connectivity index (χ0n) is 17.0. The summed E-state index contributed by atoms with van der Waals surface area (Å²) in [6.45, 7) is 2.16. The Morgan fingerprint density at radius 1 is 1.30 bits per heavy atom. The maximum absolute atomic E-state index is 12.8. The van der Waals surface area contributed by atoms with Crippen molar-refractivity contribution in [3.8, 4) is 0 Å². The first-order chi connectivity index (χ1) is 14.6. The second kappa shape index (κ2) is 7.23. The number of aromatic nitrogens is 2. The Morgan fingerprint density at radius 2 is 2.13 bits per heavy atom. The SMILES string of the molecule is Cn1c(NCC(=O)c2cccc(N3CCCC3)c2)nc(C23C=CN=CC2C3)cc1=O.[HH]. The van der Waals surface area contributed by atoms with Gasteiger partial charge in [-0.3, -0.25) is 19.1 Å². The predicted octanol–water partition coefficient (Wildman–Crippen LogP) is 2.78. The lowest BCUT2D eigenvalue weighted by Crippen LogP contribution is -2.27. The van der Waals surface area contributed by atoms with Gasteiger partial charge in [0.2, 0.25) is 5.95 Å². The molecule has 3 aliphatic rings. The number of rotatable bonds is 6. The van der Waals surface area contributed by atoms with E-state index < -0.39 is 0 Å². The highest BCUT2D eigenvalue weighted by Crippen LogP contribution is 2.55. The molecule has 2 aliphatic heterocycles. The van der Waals surface area contributed by atoms with Gasteiger partial charge >= 0.3 is 0 Å². The van der Waals surface area contributed by atoms with Crippen LogP contribution in [0.2, 0.25) is 0 Å². The maximum atomic E-state index is 12.8. The molecule has 156 valence electrons. The molecule has 1 saturated heterocycles. The number of nitrogens with one attached hydrogen (secondary N) is 1. The number of Topliss-reactive ketones (excluding diaryl/α,β-unsaturated/α-hetero) is 1. The number of fused-ring (bicyclic) bond motifs is 1. The number of benzene rings is 1. The predicted molar refractivity (Wildman–Crippen MR) is 120 cm³/mol. The molecule has 30 heavy (non-hydrogen) atoms. The molecule has 1 aromatic carbocycles. The number of ketones is 1. The topological polar surface area (TPSA) is 79.6 Å². The highest BCUT2D eigenvalue weighted by Gasteiger charge is 2.55. The molecule has 2 aromatic rings. The zero-order valence-corrected chi connectivity index (χ0v) is 17.0. The Morgan fingerprint density at radius 3 is 2.93 bits per heavy atom. The molecule has 3 heterocycles. The van der Waals surface area contributed by atoms with Gasteiger partial charge in [0, 0.05) is 62.6 Å². The van der Waals surface area contributed by atoms with Crippen LogP contribution >= 0.6 is 0 Å². The average Bonchev–Trinajstić information content (AvgIpc) is 3.27. The van der Waals surface area contributed by atoms with Crippen molar-refractivity contribution in [3.63, 3.8) is 0 Å². The summed E-state index contributed by atoms with van der Waals surface area (Å²) in [5.41, 5.74) is 2.14. The van der Waals surface area contributed by atoms with E-state index >= 15 is 0 Å². The van der Waals surface area contributed by atoms with Gasteiger partial charge in [-0.1, -0.05) is 18.2 Å². The van der Waals surface area contributed by atoms with Crippen LogP contribution in [0.4, 0.5) is 11.6 Å². The van der Waals surface area contributed by atoms with Gasteiger partial charge in [-0.15, -0.1) is 0 Å². The summed E-state index contributed by atoms with van der Waals surface area (Å²) in [7, 11) is 1.67. The highest BCUT2D eigenvalue weighted by atomic mass is 16.1. The Hall–Kier alpha value is -3.22. The van der Waals surface area contributed by atoms with E-state index in [9.17, 15) is 9.59 Å². The van der Waals surface area contributed by atoms with Crippen molar-refractivity contribution in [1.29, 1.82) is 0 Å². The molecule has 0 spiro atoms. The van der Waals surface area contributed by atoms with Gasteiger partial charge in [-0.05, 0) is 31.4 Å². The van der Waals surface area contributed by atoms with Crippen LogP contribution in [-0.4, -0.2) is 41.2 Å². The molecular formula is C23H27N5O2. The quantitative estimate of drug-likeness (QED) is 0.748. The minimum absolute atomic E-state index is 0. The fourth-order valence-corrected chi connectivity index (χ4v) is 4.44. The van der Waals surface area contributed by atoms with Crippen LogP contribution in [-0.2, 0) is 12.5 Å². The van der Waals surface area contributed by atoms with Crippen molar-refractivity contribution in [2.75, 3.05) is 29.9 Å². The first-order valence-electron chi connectivity index (χ1n) is 10.5. The molecule has 2 unspecified atom stereocenters. The molecule has 2 fully saturated rings. The second-order valence-electron chi connectivity index (χ2n) is 8.35. The molecular weight excluding hydrogens is 378 g/mol. The lowest BCUT2D eigenvalue weighted by molar-refractivity contribution is 0.101. The van der Waals surface area contributed by atoms with Crippen molar-refractivity contribution in [1.82, 2.24) is 9.55 Å². The molecule has 7 nitrogen and oxygen atoms in total. The second-order valence-corrected chi connectivity index (χ2v) is 8.35. The van der Waals surface area contributed by atoms with Crippen molar-refractivity contribution in [2.24, 2.45) is 18.0 Å². The van der Waals surface area contributed by atoms with E-state index in [1.54, 1.807) is 19.3 Å². The van der Waals surface area contributed by atoms with E-state index in [-0.39, 0.29) is 24.7 Å². The number of aliphatic imine (C=N–C) groups is 1. The Kier molecular flexibility index (Phi) is 4.53. The lowest BCUT2D eigenvalue weighted by Gasteiger charge is -2.18. The number of nitrogens with zero attached hydrogens (tertiary/aromatic N) is 4. The monoisotopic (exact) mass is 405 g/mol.